The standard InChI is InChI=1S/C9H17NOS/c1-2-11-9(8(10)12)6-4-3-5-7-9/h2-7H2,1H3,(H2,10,12). The summed E-state index contributed by atoms with van der Waals surface area (Å²) < 4.78 is 5.67. The minimum Gasteiger partial charge on any atom is -0.391 e. The molecule has 0 spiro atoms. The topological polar surface area (TPSA) is 35.2 Å². The van der Waals surface area contributed by atoms with Crippen LogP contribution >= 0.6 is 12.2 Å². The fourth-order valence-corrected chi connectivity index (χ4v) is 2.12. The second kappa shape index (κ2) is 4.19. The largest absolute Gasteiger partial charge is 0.391 e. The Balaban J connectivity index is 2.63. The van der Waals surface area contributed by atoms with E-state index in [-0.39, 0.29) is 5.60 Å². The van der Waals surface area contributed by atoms with Crippen LogP contribution in [0.4, 0.5) is 0 Å². The Hall–Kier alpha value is -0.150. The van der Waals surface area contributed by atoms with Gasteiger partial charge in [-0.3, -0.25) is 0 Å². The van der Waals surface area contributed by atoms with Gasteiger partial charge < -0.3 is 10.5 Å². The number of hydrogen-bond acceptors (Lipinski definition) is 2. The highest BCUT2D eigenvalue weighted by atomic mass is 32.1. The molecule has 0 amide bonds. The molecule has 1 aliphatic rings. The average Bonchev–Trinajstić information content (AvgIpc) is 2.06. The molecule has 0 aliphatic heterocycles. The third kappa shape index (κ3) is 1.96. The molecule has 0 bridgehead atoms. The Labute approximate surface area is 79.5 Å². The van der Waals surface area contributed by atoms with Crippen molar-refractivity contribution in [3.63, 3.8) is 0 Å². The highest BCUT2D eigenvalue weighted by Crippen LogP contribution is 2.31. The van der Waals surface area contributed by atoms with Crippen LogP contribution in [0, 0.1) is 0 Å². The molecule has 0 atom stereocenters. The number of thiocarbonyl (C=S) groups is 1. The fourth-order valence-electron chi connectivity index (χ4n) is 1.86. The summed E-state index contributed by atoms with van der Waals surface area (Å²) in [6, 6.07) is 0. The van der Waals surface area contributed by atoms with E-state index in [1.807, 2.05) is 6.92 Å². The molecule has 0 aromatic rings. The summed E-state index contributed by atoms with van der Waals surface area (Å²) in [5, 5.41) is 0. The van der Waals surface area contributed by atoms with Crippen molar-refractivity contribution in [1.82, 2.24) is 0 Å². The maximum absolute atomic E-state index is 5.69. The van der Waals surface area contributed by atoms with Gasteiger partial charge in [0, 0.05) is 6.61 Å². The molecule has 0 unspecified atom stereocenters. The summed E-state index contributed by atoms with van der Waals surface area (Å²) in [4.78, 5) is 0.545. The maximum Gasteiger partial charge on any atom is 0.118 e. The molecule has 1 rings (SSSR count). The Bertz CT molecular complexity index is 158. The van der Waals surface area contributed by atoms with E-state index in [4.69, 9.17) is 22.7 Å². The molecule has 12 heavy (non-hydrogen) atoms. The lowest BCUT2D eigenvalue weighted by Crippen LogP contribution is -2.46. The lowest BCUT2D eigenvalue weighted by molar-refractivity contribution is -0.00986. The van der Waals surface area contributed by atoms with Gasteiger partial charge in [-0.05, 0) is 19.8 Å². The fraction of sp³-hybridized carbons (Fsp3) is 0.889. The molecule has 0 heterocycles. The monoisotopic (exact) mass is 187 g/mol. The predicted molar refractivity (Wildman–Crippen MR) is 54.2 cm³/mol. The third-order valence-corrected chi connectivity index (χ3v) is 2.90. The number of ether oxygens (including phenoxy) is 1. The van der Waals surface area contributed by atoms with Crippen LogP contribution in [0.5, 0.6) is 0 Å². The number of nitrogens with two attached hydrogens (primary N) is 1. The van der Waals surface area contributed by atoms with E-state index in [1.54, 1.807) is 0 Å². The molecule has 1 aliphatic carbocycles. The molecule has 1 saturated carbocycles. The molecule has 2 nitrogen and oxygen atoms in total. The van der Waals surface area contributed by atoms with Crippen LogP contribution in [-0.4, -0.2) is 17.2 Å². The van der Waals surface area contributed by atoms with Gasteiger partial charge in [0.15, 0.2) is 0 Å². The molecule has 3 heteroatoms. The minimum absolute atomic E-state index is 0.262. The second-order valence-electron chi connectivity index (χ2n) is 3.35. The summed E-state index contributed by atoms with van der Waals surface area (Å²) in [5.74, 6) is 0. The highest BCUT2D eigenvalue weighted by Gasteiger charge is 2.35. The van der Waals surface area contributed by atoms with Gasteiger partial charge in [0.25, 0.3) is 0 Å². The molecule has 70 valence electrons. The van der Waals surface area contributed by atoms with Crippen molar-refractivity contribution in [2.45, 2.75) is 44.6 Å². The third-order valence-electron chi connectivity index (χ3n) is 2.53. The first-order valence-corrected chi connectivity index (χ1v) is 5.06. The summed E-state index contributed by atoms with van der Waals surface area (Å²) in [6.45, 7) is 2.70. The molecule has 2 N–H and O–H groups in total. The lowest BCUT2D eigenvalue weighted by Gasteiger charge is -2.35. The Morgan fingerprint density at radius 2 is 2.00 bits per heavy atom. The van der Waals surface area contributed by atoms with Crippen LogP contribution in [0.25, 0.3) is 0 Å². The van der Waals surface area contributed by atoms with E-state index in [0.717, 1.165) is 12.8 Å². The normalized spacial score (nSPS) is 22.1. The first kappa shape index (κ1) is 9.93. The quantitative estimate of drug-likeness (QED) is 0.686. The van der Waals surface area contributed by atoms with E-state index < -0.39 is 0 Å². The summed E-state index contributed by atoms with van der Waals surface area (Å²) in [6.07, 6.45) is 5.69. The minimum atomic E-state index is -0.262. The zero-order chi connectivity index (χ0) is 9.03. The van der Waals surface area contributed by atoms with Crippen molar-refractivity contribution in [2.75, 3.05) is 6.61 Å². The second-order valence-corrected chi connectivity index (χ2v) is 3.79. The van der Waals surface area contributed by atoms with Gasteiger partial charge in [0.2, 0.25) is 0 Å². The van der Waals surface area contributed by atoms with E-state index in [2.05, 4.69) is 0 Å². The van der Waals surface area contributed by atoms with Crippen LogP contribution in [0.2, 0.25) is 0 Å². The highest BCUT2D eigenvalue weighted by molar-refractivity contribution is 7.80. The van der Waals surface area contributed by atoms with Gasteiger partial charge in [0.1, 0.15) is 10.6 Å². The van der Waals surface area contributed by atoms with Crippen molar-refractivity contribution in [3.05, 3.63) is 0 Å². The Morgan fingerprint density at radius 1 is 1.42 bits per heavy atom. The van der Waals surface area contributed by atoms with Crippen molar-refractivity contribution in [2.24, 2.45) is 5.73 Å². The van der Waals surface area contributed by atoms with Crippen LogP contribution in [0.15, 0.2) is 0 Å². The van der Waals surface area contributed by atoms with Gasteiger partial charge >= 0.3 is 0 Å². The smallest absolute Gasteiger partial charge is 0.118 e. The average molecular weight is 187 g/mol. The van der Waals surface area contributed by atoms with Crippen molar-refractivity contribution < 1.29 is 4.74 Å². The van der Waals surface area contributed by atoms with Crippen LogP contribution in [-0.2, 0) is 4.74 Å². The predicted octanol–water partition coefficient (Wildman–Crippen LogP) is 2.01. The molecular weight excluding hydrogens is 170 g/mol. The van der Waals surface area contributed by atoms with Gasteiger partial charge in [-0.15, -0.1) is 0 Å². The summed E-state index contributed by atoms with van der Waals surface area (Å²) in [7, 11) is 0. The van der Waals surface area contributed by atoms with Crippen LogP contribution in [0.3, 0.4) is 0 Å². The van der Waals surface area contributed by atoms with Crippen molar-refractivity contribution in [1.29, 1.82) is 0 Å². The molecule has 0 saturated heterocycles. The SMILES string of the molecule is CCOC1(C(N)=S)CCCCC1. The summed E-state index contributed by atoms with van der Waals surface area (Å²) >= 11 is 5.05. The Morgan fingerprint density at radius 3 is 2.42 bits per heavy atom. The molecule has 0 aromatic heterocycles. The van der Waals surface area contributed by atoms with Crippen LogP contribution in [0.1, 0.15) is 39.0 Å². The first-order valence-electron chi connectivity index (χ1n) is 4.65. The lowest BCUT2D eigenvalue weighted by atomic mass is 9.84. The summed E-state index contributed by atoms with van der Waals surface area (Å²) in [5.41, 5.74) is 5.43. The zero-order valence-electron chi connectivity index (χ0n) is 7.64. The van der Waals surface area contributed by atoms with E-state index >= 15 is 0 Å². The maximum atomic E-state index is 5.69. The molecular formula is C9H17NOS. The van der Waals surface area contributed by atoms with Gasteiger partial charge in [-0.1, -0.05) is 31.5 Å². The molecule has 0 radical (unpaired) electrons. The molecule has 1 fully saturated rings. The molecule has 0 aromatic carbocycles. The van der Waals surface area contributed by atoms with Gasteiger partial charge in [-0.25, -0.2) is 0 Å². The zero-order valence-corrected chi connectivity index (χ0v) is 8.45. The Kier molecular flexibility index (Phi) is 3.47. The van der Waals surface area contributed by atoms with E-state index in [1.165, 1.54) is 19.3 Å². The van der Waals surface area contributed by atoms with Gasteiger partial charge in [0.05, 0.1) is 0 Å². The van der Waals surface area contributed by atoms with Crippen molar-refractivity contribution in [3.8, 4) is 0 Å². The van der Waals surface area contributed by atoms with Gasteiger partial charge in [-0.2, -0.15) is 0 Å². The first-order chi connectivity index (χ1) is 5.71. The number of hydrogen-bond donors (Lipinski definition) is 1. The van der Waals surface area contributed by atoms with Crippen molar-refractivity contribution >= 4 is 17.2 Å². The van der Waals surface area contributed by atoms with Crippen LogP contribution < -0.4 is 5.73 Å². The van der Waals surface area contributed by atoms with E-state index in [9.17, 15) is 0 Å². The van der Waals surface area contributed by atoms with E-state index in [0.29, 0.717) is 11.6 Å². The number of rotatable bonds is 3.